The second-order valence-corrected chi connectivity index (χ2v) is 5.46. The van der Waals surface area contributed by atoms with Crippen LogP contribution in [0.5, 0.6) is 0 Å². The second kappa shape index (κ2) is 29.3. The first-order valence-electron chi connectivity index (χ1n) is 9.51. The topological polar surface area (TPSA) is 147 Å². The van der Waals surface area contributed by atoms with E-state index in [-0.39, 0.29) is 24.4 Å². The van der Waals surface area contributed by atoms with E-state index in [1.54, 1.807) is 0 Å². The molecule has 0 rings (SSSR count). The molecule has 0 aliphatic rings. The molecule has 0 aliphatic carbocycles. The Morgan fingerprint density at radius 2 is 1.00 bits per heavy atom. The first kappa shape index (κ1) is 35.6. The van der Waals surface area contributed by atoms with Crippen LogP contribution in [-0.4, -0.2) is 83.4 Å². The maximum atomic E-state index is 10.6. The summed E-state index contributed by atoms with van der Waals surface area (Å²) in [6.45, 7) is 7.03. The number of rotatable bonds is 12. The molecule has 0 fully saturated rings. The Morgan fingerprint density at radius 1 is 0.667 bits per heavy atom. The predicted octanol–water partition coefficient (Wildman–Crippen LogP) is 2.34. The SMILES string of the molecule is CCCCO.CCCCOC(=O)/C=C/C(=O)O.CCCCOC(=O)/C=C/C(=O)O.[Sb]. The number of hydrogen-bond donors (Lipinski definition) is 3. The first-order chi connectivity index (χ1) is 13.7. The summed E-state index contributed by atoms with van der Waals surface area (Å²) in [5, 5.41) is 24.3. The second-order valence-electron chi connectivity index (χ2n) is 5.46. The average molecular weight is 540 g/mol. The molecule has 173 valence electrons. The van der Waals surface area contributed by atoms with Crippen LogP contribution in [0.3, 0.4) is 0 Å². The van der Waals surface area contributed by atoms with Crippen LogP contribution >= 0.6 is 0 Å². The molecule has 0 heterocycles. The monoisotopic (exact) mass is 539 g/mol. The third-order valence-electron chi connectivity index (χ3n) is 2.72. The van der Waals surface area contributed by atoms with Crippen molar-refractivity contribution in [2.75, 3.05) is 19.8 Å². The Balaban J connectivity index is -0.000000180. The van der Waals surface area contributed by atoms with Gasteiger partial charge in [-0.15, -0.1) is 0 Å². The van der Waals surface area contributed by atoms with E-state index in [1.807, 2.05) is 13.8 Å². The number of aliphatic hydroxyl groups excluding tert-OH is 1. The van der Waals surface area contributed by atoms with E-state index in [9.17, 15) is 19.2 Å². The van der Waals surface area contributed by atoms with Crippen molar-refractivity contribution in [3.63, 3.8) is 0 Å². The smallest absolute Gasteiger partial charge is 0.331 e. The molecular weight excluding hydrogens is 506 g/mol. The average Bonchev–Trinajstić information content (AvgIpc) is 2.67. The molecule has 0 bridgehead atoms. The molecule has 0 unspecified atom stereocenters. The Morgan fingerprint density at radius 3 is 1.20 bits per heavy atom. The van der Waals surface area contributed by atoms with E-state index < -0.39 is 23.9 Å². The number of hydrogen-bond acceptors (Lipinski definition) is 7. The van der Waals surface area contributed by atoms with Crippen molar-refractivity contribution in [2.45, 2.75) is 59.3 Å². The van der Waals surface area contributed by atoms with Crippen LogP contribution in [0.4, 0.5) is 0 Å². The Labute approximate surface area is 195 Å². The molecule has 0 aromatic rings. The van der Waals surface area contributed by atoms with Crippen molar-refractivity contribution in [2.24, 2.45) is 0 Å². The van der Waals surface area contributed by atoms with Crippen molar-refractivity contribution < 1.29 is 44.0 Å². The Bertz CT molecular complexity index is 459. The summed E-state index contributed by atoms with van der Waals surface area (Å²) in [5.74, 6) is -3.51. The fourth-order valence-electron chi connectivity index (χ4n) is 1.17. The molecule has 30 heavy (non-hydrogen) atoms. The van der Waals surface area contributed by atoms with Gasteiger partial charge in [-0.2, -0.15) is 0 Å². The molecule has 3 N–H and O–H groups in total. The largest absolute Gasteiger partial charge is 0.478 e. The standard InChI is InChI=1S/2C8H12O4.C4H10O.Sb/c2*1-2-3-6-12-8(11)5-4-7(9)10;1-2-3-4-5;/h2*4-5H,2-3,6H2,1H3,(H,9,10);5H,2-4H2,1H3;/b2*5-4+;;. The summed E-state index contributed by atoms with van der Waals surface area (Å²) in [7, 11) is 0. The van der Waals surface area contributed by atoms with Crippen LogP contribution in [0.1, 0.15) is 59.3 Å². The van der Waals surface area contributed by atoms with Crippen LogP contribution in [-0.2, 0) is 28.7 Å². The van der Waals surface area contributed by atoms with Crippen LogP contribution in [0, 0.1) is 0 Å². The minimum absolute atomic E-state index is 0. The number of esters is 2. The summed E-state index contributed by atoms with van der Waals surface area (Å²) in [6.07, 6.45) is 8.83. The third-order valence-corrected chi connectivity index (χ3v) is 2.72. The minimum atomic E-state index is -1.15. The molecule has 3 radical (unpaired) electrons. The summed E-state index contributed by atoms with van der Waals surface area (Å²) in [4.78, 5) is 41.2. The maximum Gasteiger partial charge on any atom is 0.331 e. The third kappa shape index (κ3) is 40.7. The molecule has 10 heteroatoms. The van der Waals surface area contributed by atoms with Crippen LogP contribution in [0.25, 0.3) is 0 Å². The number of ether oxygens (including phenoxy) is 2. The Kier molecular flexibility index (Phi) is 34.8. The molecule has 0 aromatic carbocycles. The molecule has 0 spiro atoms. The fourth-order valence-corrected chi connectivity index (χ4v) is 1.17. The molecule has 0 aromatic heterocycles. The van der Waals surface area contributed by atoms with E-state index in [0.29, 0.717) is 19.8 Å². The summed E-state index contributed by atoms with van der Waals surface area (Å²) in [6, 6.07) is 0. The van der Waals surface area contributed by atoms with Gasteiger partial charge >= 0.3 is 23.9 Å². The van der Waals surface area contributed by atoms with E-state index in [4.69, 9.17) is 15.3 Å². The van der Waals surface area contributed by atoms with Crippen LogP contribution in [0.2, 0.25) is 0 Å². The number of carbonyl (C=O) groups excluding carboxylic acids is 2. The van der Waals surface area contributed by atoms with Crippen LogP contribution in [0.15, 0.2) is 24.3 Å². The van der Waals surface area contributed by atoms with E-state index in [1.165, 1.54) is 0 Å². The number of carbonyl (C=O) groups is 4. The van der Waals surface area contributed by atoms with Gasteiger partial charge in [-0.05, 0) is 19.3 Å². The van der Waals surface area contributed by atoms with Crippen molar-refractivity contribution in [1.29, 1.82) is 0 Å². The molecular formula is C20H34O9Sb. The van der Waals surface area contributed by atoms with Gasteiger partial charge in [0.05, 0.1) is 13.2 Å². The van der Waals surface area contributed by atoms with Gasteiger partial charge in [0.1, 0.15) is 0 Å². The summed E-state index contributed by atoms with van der Waals surface area (Å²) >= 11 is 0. The minimum Gasteiger partial charge on any atom is -0.478 e. The van der Waals surface area contributed by atoms with Gasteiger partial charge in [-0.3, -0.25) is 0 Å². The molecule has 0 atom stereocenters. The zero-order valence-electron chi connectivity index (χ0n) is 17.9. The zero-order chi connectivity index (χ0) is 22.9. The van der Waals surface area contributed by atoms with Crippen molar-refractivity contribution in [1.82, 2.24) is 0 Å². The maximum absolute atomic E-state index is 10.6. The van der Waals surface area contributed by atoms with E-state index in [0.717, 1.165) is 62.8 Å². The van der Waals surface area contributed by atoms with Gasteiger partial charge in [-0.1, -0.05) is 40.0 Å². The number of carboxylic acid groups (broad SMARTS) is 2. The number of aliphatic hydroxyl groups is 1. The Hall–Kier alpha value is -1.86. The van der Waals surface area contributed by atoms with Gasteiger partial charge in [0.15, 0.2) is 0 Å². The van der Waals surface area contributed by atoms with Gasteiger partial charge in [0, 0.05) is 55.3 Å². The van der Waals surface area contributed by atoms with E-state index >= 15 is 0 Å². The first-order valence-corrected chi connectivity index (χ1v) is 9.51. The van der Waals surface area contributed by atoms with Gasteiger partial charge < -0.3 is 24.8 Å². The molecule has 0 saturated heterocycles. The van der Waals surface area contributed by atoms with Crippen molar-refractivity contribution in [3.8, 4) is 0 Å². The number of aliphatic carboxylic acids is 2. The van der Waals surface area contributed by atoms with Crippen molar-refractivity contribution >= 4 is 48.3 Å². The van der Waals surface area contributed by atoms with Gasteiger partial charge in [-0.25, -0.2) is 19.2 Å². The molecule has 0 amide bonds. The summed E-state index contributed by atoms with van der Waals surface area (Å²) < 4.78 is 9.29. The van der Waals surface area contributed by atoms with Gasteiger partial charge in [0.25, 0.3) is 0 Å². The van der Waals surface area contributed by atoms with Crippen LogP contribution < -0.4 is 0 Å². The van der Waals surface area contributed by atoms with Crippen molar-refractivity contribution in [3.05, 3.63) is 24.3 Å². The summed E-state index contributed by atoms with van der Waals surface area (Å²) in [5.41, 5.74) is 0. The molecule has 0 aliphatic heterocycles. The fraction of sp³-hybridized carbons (Fsp3) is 0.600. The normalized spacial score (nSPS) is 9.47. The predicted molar refractivity (Wildman–Crippen MR) is 113 cm³/mol. The zero-order valence-corrected chi connectivity index (χ0v) is 20.5. The van der Waals surface area contributed by atoms with Gasteiger partial charge in [0.2, 0.25) is 0 Å². The van der Waals surface area contributed by atoms with E-state index in [2.05, 4.69) is 16.4 Å². The number of carboxylic acids is 2. The molecule has 0 saturated carbocycles. The quantitative estimate of drug-likeness (QED) is 0.147. The number of unbranched alkanes of at least 4 members (excludes halogenated alkanes) is 3. The molecule has 9 nitrogen and oxygen atoms in total.